The third-order valence-electron chi connectivity index (χ3n) is 10.5. The van der Waals surface area contributed by atoms with Gasteiger partial charge in [0.2, 0.25) is 23.6 Å². The van der Waals surface area contributed by atoms with E-state index in [9.17, 15) is 24.3 Å². The molecule has 2 saturated heterocycles. The minimum absolute atomic E-state index is 0.0689. The topological polar surface area (TPSA) is 104 Å². The summed E-state index contributed by atoms with van der Waals surface area (Å²) < 4.78 is 5.87. The van der Waals surface area contributed by atoms with Gasteiger partial charge >= 0.3 is 0 Å². The van der Waals surface area contributed by atoms with E-state index in [0.717, 1.165) is 29.5 Å². The maximum atomic E-state index is 14.4. The van der Waals surface area contributed by atoms with E-state index in [-0.39, 0.29) is 35.1 Å². The molecule has 1 N–H and O–H groups in total. The van der Waals surface area contributed by atoms with Crippen molar-refractivity contribution in [3.63, 3.8) is 0 Å². The highest BCUT2D eigenvalue weighted by molar-refractivity contribution is 9.10. The van der Waals surface area contributed by atoms with Crippen LogP contribution in [0.3, 0.4) is 0 Å². The number of nitrogens with zero attached hydrogens (tertiary/aromatic N) is 2. The number of allylic oxidation sites excluding steroid dienone is 2. The smallest absolute Gasteiger partial charge is 0.238 e. The molecule has 6 atom stereocenters. The summed E-state index contributed by atoms with van der Waals surface area (Å²) in [6.45, 7) is 4.10. The van der Waals surface area contributed by atoms with Gasteiger partial charge in [-0.2, -0.15) is 0 Å². The van der Waals surface area contributed by atoms with E-state index < -0.39 is 35.5 Å². The SMILES string of the molecule is CCc1ccc(N2C(=O)[C@H]3[C@H](CC=C4[C@H]3C[C@H]3C(=O)N(c5ccc(CC)cc5)C(=O)[C@H]3[C@H]4c3cc(Br)c(O)c(OC)c3)C2=O)cc1. The molecule has 3 aromatic carbocycles. The number of anilines is 2. The van der Waals surface area contributed by atoms with Gasteiger partial charge in [-0.15, -0.1) is 0 Å². The van der Waals surface area contributed by atoms with Crippen molar-refractivity contribution in [1.29, 1.82) is 0 Å². The lowest BCUT2D eigenvalue weighted by atomic mass is 9.57. The van der Waals surface area contributed by atoms with Gasteiger partial charge in [0.15, 0.2) is 11.5 Å². The molecule has 46 heavy (non-hydrogen) atoms. The van der Waals surface area contributed by atoms with Crippen LogP contribution in [0.1, 0.15) is 49.3 Å². The highest BCUT2D eigenvalue weighted by atomic mass is 79.9. The first-order chi connectivity index (χ1) is 22.2. The molecule has 4 amide bonds. The monoisotopic (exact) mass is 682 g/mol. The van der Waals surface area contributed by atoms with Gasteiger partial charge in [-0.1, -0.05) is 49.8 Å². The van der Waals surface area contributed by atoms with Crippen LogP contribution in [-0.4, -0.2) is 35.8 Å². The van der Waals surface area contributed by atoms with E-state index in [4.69, 9.17) is 4.74 Å². The lowest BCUT2D eigenvalue weighted by Gasteiger charge is -2.44. The molecule has 1 saturated carbocycles. The number of hydrogen-bond donors (Lipinski definition) is 1. The van der Waals surface area contributed by atoms with Gasteiger partial charge in [-0.25, -0.2) is 0 Å². The Morgan fingerprint density at radius 2 is 1.30 bits per heavy atom. The molecule has 0 aromatic heterocycles. The highest BCUT2D eigenvalue weighted by Gasteiger charge is 2.62. The minimum Gasteiger partial charge on any atom is -0.503 e. The van der Waals surface area contributed by atoms with Gasteiger partial charge < -0.3 is 9.84 Å². The number of phenols is 1. The molecular formula is C37H35BrN2O6. The molecule has 0 bridgehead atoms. The van der Waals surface area contributed by atoms with Gasteiger partial charge in [-0.05, 0) is 101 Å². The zero-order valence-corrected chi connectivity index (χ0v) is 27.5. The third-order valence-corrected chi connectivity index (χ3v) is 11.1. The minimum atomic E-state index is -0.719. The predicted octanol–water partition coefficient (Wildman–Crippen LogP) is 6.33. The average molecular weight is 684 g/mol. The van der Waals surface area contributed by atoms with Crippen molar-refractivity contribution < 1.29 is 29.0 Å². The molecule has 4 aliphatic rings. The summed E-state index contributed by atoms with van der Waals surface area (Å²) in [4.78, 5) is 59.3. The van der Waals surface area contributed by atoms with Crippen LogP contribution in [-0.2, 0) is 32.0 Å². The van der Waals surface area contributed by atoms with Crippen LogP contribution in [0.5, 0.6) is 11.5 Å². The summed E-state index contributed by atoms with van der Waals surface area (Å²) in [6.07, 6.45) is 4.35. The number of benzene rings is 3. The number of carbonyl (C=O) groups excluding carboxylic acids is 4. The molecule has 0 spiro atoms. The first-order valence-electron chi connectivity index (χ1n) is 15.9. The second-order valence-corrected chi connectivity index (χ2v) is 13.5. The van der Waals surface area contributed by atoms with Crippen molar-refractivity contribution in [3.8, 4) is 11.5 Å². The zero-order chi connectivity index (χ0) is 32.4. The maximum absolute atomic E-state index is 14.4. The van der Waals surface area contributed by atoms with Crippen molar-refractivity contribution in [3.05, 3.63) is 93.5 Å². The van der Waals surface area contributed by atoms with Gasteiger partial charge in [0, 0.05) is 5.92 Å². The van der Waals surface area contributed by atoms with Crippen LogP contribution in [0.15, 0.2) is 76.8 Å². The number of imide groups is 2. The van der Waals surface area contributed by atoms with Crippen LogP contribution in [0, 0.1) is 29.6 Å². The third kappa shape index (κ3) is 4.54. The second kappa shape index (κ2) is 11.5. The van der Waals surface area contributed by atoms with Crippen molar-refractivity contribution >= 4 is 50.9 Å². The van der Waals surface area contributed by atoms with E-state index in [1.165, 1.54) is 16.9 Å². The first kappa shape index (κ1) is 30.4. The van der Waals surface area contributed by atoms with Crippen molar-refractivity contribution in [2.45, 2.75) is 45.4 Å². The fraction of sp³-hybridized carbons (Fsp3) is 0.351. The number of carbonyl (C=O) groups is 4. The number of phenolic OH excluding ortho intramolecular Hbond substituents is 1. The van der Waals surface area contributed by atoms with Crippen LogP contribution < -0.4 is 14.5 Å². The number of methoxy groups -OCH3 is 1. The Morgan fingerprint density at radius 3 is 1.85 bits per heavy atom. The molecule has 2 heterocycles. The lowest BCUT2D eigenvalue weighted by Crippen LogP contribution is -2.43. The number of hydrogen-bond acceptors (Lipinski definition) is 6. The number of aromatic hydroxyl groups is 1. The molecule has 0 radical (unpaired) electrons. The van der Waals surface area contributed by atoms with E-state index in [0.29, 0.717) is 34.3 Å². The Labute approximate surface area is 276 Å². The number of aryl methyl sites for hydroxylation is 2. The molecule has 3 fully saturated rings. The van der Waals surface area contributed by atoms with Crippen molar-refractivity contribution in [2.24, 2.45) is 29.6 Å². The molecule has 2 aliphatic heterocycles. The quantitative estimate of drug-likeness (QED) is 0.241. The number of rotatable bonds is 6. The Hall–Kier alpha value is -4.24. The van der Waals surface area contributed by atoms with Gasteiger partial charge in [0.05, 0.1) is 46.6 Å². The maximum Gasteiger partial charge on any atom is 0.238 e. The molecule has 8 nitrogen and oxygen atoms in total. The standard InChI is InChI=1S/C37H35BrN2O6/c1-4-19-6-10-22(11-7-19)39-34(42)25-15-14-24-26(31(25)36(39)44)18-27-32(30(24)21-16-28(38)33(41)29(17-21)46-3)37(45)40(35(27)43)23-12-8-20(5-2)9-13-23/h6-14,16-17,25-27,30-32,41H,4-5,15,18H2,1-3H3/t25-,26+,27+,30-,31-,32+/m0/s1. The predicted molar refractivity (Wildman–Crippen MR) is 176 cm³/mol. The van der Waals surface area contributed by atoms with Crippen LogP contribution in [0.25, 0.3) is 0 Å². The zero-order valence-electron chi connectivity index (χ0n) is 25.9. The normalized spacial score (nSPS) is 27.0. The van der Waals surface area contributed by atoms with Gasteiger partial charge in [0.25, 0.3) is 0 Å². The van der Waals surface area contributed by atoms with E-state index in [1.807, 2.05) is 68.5 Å². The molecule has 2 aliphatic carbocycles. The molecule has 7 rings (SSSR count). The van der Waals surface area contributed by atoms with Gasteiger partial charge in [-0.3, -0.25) is 29.0 Å². The Kier molecular flexibility index (Phi) is 7.62. The van der Waals surface area contributed by atoms with Crippen LogP contribution in [0.4, 0.5) is 11.4 Å². The Morgan fingerprint density at radius 1 is 0.761 bits per heavy atom. The number of halogens is 1. The van der Waals surface area contributed by atoms with E-state index in [2.05, 4.69) is 15.9 Å². The molecule has 236 valence electrons. The van der Waals surface area contributed by atoms with Crippen LogP contribution >= 0.6 is 15.9 Å². The highest BCUT2D eigenvalue weighted by Crippen LogP contribution is 2.59. The van der Waals surface area contributed by atoms with Gasteiger partial charge in [0.1, 0.15) is 0 Å². The number of amides is 4. The largest absolute Gasteiger partial charge is 0.503 e. The molecular weight excluding hydrogens is 648 g/mol. The summed E-state index contributed by atoms with van der Waals surface area (Å²) >= 11 is 3.44. The summed E-state index contributed by atoms with van der Waals surface area (Å²) in [5.74, 6) is -4.50. The lowest BCUT2D eigenvalue weighted by molar-refractivity contribution is -0.126. The van der Waals surface area contributed by atoms with Crippen molar-refractivity contribution in [2.75, 3.05) is 16.9 Å². The summed E-state index contributed by atoms with van der Waals surface area (Å²) in [5, 5.41) is 10.6. The number of fused-ring (bicyclic) bond motifs is 4. The first-order valence-corrected chi connectivity index (χ1v) is 16.7. The average Bonchev–Trinajstić information content (AvgIpc) is 3.48. The Bertz CT molecular complexity index is 1800. The Balaban J connectivity index is 1.33. The second-order valence-electron chi connectivity index (χ2n) is 12.6. The van der Waals surface area contributed by atoms with Crippen molar-refractivity contribution in [1.82, 2.24) is 0 Å². The fourth-order valence-electron chi connectivity index (χ4n) is 8.16. The summed E-state index contributed by atoms with van der Waals surface area (Å²) in [7, 11) is 1.46. The molecule has 0 unspecified atom stereocenters. The fourth-order valence-corrected chi connectivity index (χ4v) is 8.62. The number of ether oxygens (including phenoxy) is 1. The van der Waals surface area contributed by atoms with E-state index >= 15 is 0 Å². The summed E-state index contributed by atoms with van der Waals surface area (Å²) in [6, 6.07) is 18.4. The molecule has 3 aromatic rings. The van der Waals surface area contributed by atoms with Crippen LogP contribution in [0.2, 0.25) is 0 Å². The van der Waals surface area contributed by atoms with E-state index in [1.54, 1.807) is 12.1 Å². The summed E-state index contributed by atoms with van der Waals surface area (Å²) in [5.41, 5.74) is 4.86. The molecule has 9 heteroatoms.